The van der Waals surface area contributed by atoms with E-state index in [1.54, 1.807) is 24.3 Å². The number of halogens is 3. The number of carbonyl (C=O) groups excluding carboxylic acids is 2. The maximum absolute atomic E-state index is 13.0. The second kappa shape index (κ2) is 9.10. The molecule has 32 heavy (non-hydrogen) atoms. The molecule has 2 aliphatic rings. The van der Waals surface area contributed by atoms with Gasteiger partial charge in [0.1, 0.15) is 18.1 Å². The maximum Gasteiger partial charge on any atom is 0.573 e. The Morgan fingerprint density at radius 2 is 1.75 bits per heavy atom. The van der Waals surface area contributed by atoms with Crippen LogP contribution in [0.15, 0.2) is 48.5 Å². The van der Waals surface area contributed by atoms with Crippen molar-refractivity contribution in [2.75, 3.05) is 13.2 Å². The van der Waals surface area contributed by atoms with Crippen LogP contribution in [-0.4, -0.2) is 48.3 Å². The van der Waals surface area contributed by atoms with Crippen molar-refractivity contribution >= 4 is 11.8 Å². The summed E-state index contributed by atoms with van der Waals surface area (Å²) in [7, 11) is 0. The highest BCUT2D eigenvalue weighted by molar-refractivity contribution is 5.97. The van der Waals surface area contributed by atoms with Crippen LogP contribution in [0.3, 0.4) is 0 Å². The molecule has 1 saturated heterocycles. The minimum Gasteiger partial charge on any atom is -0.491 e. The van der Waals surface area contributed by atoms with Gasteiger partial charge >= 0.3 is 6.36 Å². The minimum atomic E-state index is -4.88. The molecule has 9 heteroatoms. The highest BCUT2D eigenvalue weighted by Crippen LogP contribution is 2.29. The second-order valence-electron chi connectivity index (χ2n) is 7.92. The number of hydrogen-bond donors (Lipinski definition) is 1. The number of ether oxygens (including phenoxy) is 2. The first-order valence-corrected chi connectivity index (χ1v) is 10.5. The molecule has 2 aromatic carbocycles. The van der Waals surface area contributed by atoms with E-state index in [2.05, 4.69) is 10.1 Å². The van der Waals surface area contributed by atoms with E-state index in [1.165, 1.54) is 23.1 Å². The molecule has 1 unspecified atom stereocenters. The fourth-order valence-corrected chi connectivity index (χ4v) is 3.68. The molecular formula is C23H23F3N2O4. The van der Waals surface area contributed by atoms with E-state index >= 15 is 0 Å². The summed E-state index contributed by atoms with van der Waals surface area (Å²) < 4.78 is 47.9. The average Bonchev–Trinajstić information content (AvgIpc) is 3.44. The maximum atomic E-state index is 13.0. The van der Waals surface area contributed by atoms with Gasteiger partial charge in [-0.1, -0.05) is 12.1 Å². The van der Waals surface area contributed by atoms with E-state index in [0.717, 1.165) is 25.3 Å². The van der Waals surface area contributed by atoms with E-state index in [1.807, 2.05) is 0 Å². The number of rotatable bonds is 7. The number of carbonyl (C=O) groups is 2. The minimum absolute atomic E-state index is 0.119. The van der Waals surface area contributed by atoms with Gasteiger partial charge in [-0.05, 0) is 62.1 Å². The van der Waals surface area contributed by atoms with Gasteiger partial charge in [-0.25, -0.2) is 0 Å². The summed E-state index contributed by atoms with van der Waals surface area (Å²) in [5.41, 5.74) is 0.408. The molecule has 1 aliphatic carbocycles. The van der Waals surface area contributed by atoms with Gasteiger partial charge in [-0.3, -0.25) is 9.59 Å². The third-order valence-electron chi connectivity index (χ3n) is 5.45. The molecule has 2 aromatic rings. The lowest BCUT2D eigenvalue weighted by molar-refractivity contribution is -0.274. The fraction of sp³-hybridized carbons (Fsp3) is 0.391. The lowest BCUT2D eigenvalue weighted by Gasteiger charge is -2.26. The van der Waals surface area contributed by atoms with E-state index in [-0.39, 0.29) is 30.2 Å². The fourth-order valence-electron chi connectivity index (χ4n) is 3.68. The lowest BCUT2D eigenvalue weighted by atomic mass is 10.1. The normalized spacial score (nSPS) is 18.3. The van der Waals surface area contributed by atoms with Crippen LogP contribution < -0.4 is 14.8 Å². The summed E-state index contributed by atoms with van der Waals surface area (Å²) in [6.07, 6.45) is -1.46. The van der Waals surface area contributed by atoms with Gasteiger partial charge in [-0.2, -0.15) is 0 Å². The van der Waals surface area contributed by atoms with E-state index in [9.17, 15) is 22.8 Å². The Bertz CT molecular complexity index is 974. The van der Waals surface area contributed by atoms with Crippen molar-refractivity contribution in [3.8, 4) is 11.5 Å². The largest absolute Gasteiger partial charge is 0.573 e. The summed E-state index contributed by atoms with van der Waals surface area (Å²) in [5.74, 6) is -0.612. The van der Waals surface area contributed by atoms with Gasteiger partial charge < -0.3 is 19.7 Å². The van der Waals surface area contributed by atoms with Gasteiger partial charge in [0.05, 0.1) is 11.6 Å². The highest BCUT2D eigenvalue weighted by atomic mass is 19.4. The molecule has 6 nitrogen and oxygen atoms in total. The third kappa shape index (κ3) is 5.52. The van der Waals surface area contributed by atoms with Crippen LogP contribution in [0.2, 0.25) is 0 Å². The smallest absolute Gasteiger partial charge is 0.491 e. The van der Waals surface area contributed by atoms with E-state index in [4.69, 9.17) is 4.74 Å². The van der Waals surface area contributed by atoms with E-state index < -0.39 is 18.0 Å². The molecule has 4 rings (SSSR count). The van der Waals surface area contributed by atoms with Crippen molar-refractivity contribution in [3.63, 3.8) is 0 Å². The van der Waals surface area contributed by atoms with Gasteiger partial charge in [0, 0.05) is 18.2 Å². The zero-order chi connectivity index (χ0) is 22.7. The number of para-hydroxylation sites is 1. The highest BCUT2D eigenvalue weighted by Gasteiger charge is 2.35. The van der Waals surface area contributed by atoms with Crippen molar-refractivity contribution in [1.82, 2.24) is 10.2 Å². The van der Waals surface area contributed by atoms with Gasteiger partial charge in [0.25, 0.3) is 11.8 Å². The zero-order valence-corrected chi connectivity index (χ0v) is 17.2. The molecule has 1 N–H and O–H groups in total. The first-order valence-electron chi connectivity index (χ1n) is 10.5. The van der Waals surface area contributed by atoms with Crippen molar-refractivity contribution in [3.05, 3.63) is 59.7 Å². The summed E-state index contributed by atoms with van der Waals surface area (Å²) in [6.45, 7) is 0.620. The van der Waals surface area contributed by atoms with Crippen molar-refractivity contribution in [2.24, 2.45) is 0 Å². The molecular weight excluding hydrogens is 425 g/mol. The summed E-state index contributed by atoms with van der Waals surface area (Å²) in [4.78, 5) is 26.6. The standard InChI is InChI=1S/C23H23F3N2O4/c24-23(25,26)32-20-6-2-1-5-19(20)22(30)28-13-3-4-17(28)14-31-18-11-7-15(8-12-18)21(29)27-16-9-10-16/h1-2,5-8,11-12,16-17H,3-4,9-10,13-14H2,(H,27,29). The number of benzene rings is 2. The van der Waals surface area contributed by atoms with Crippen LogP contribution in [0.4, 0.5) is 13.2 Å². The molecule has 0 radical (unpaired) electrons. The predicted molar refractivity (Wildman–Crippen MR) is 110 cm³/mol. The van der Waals surface area contributed by atoms with Crippen LogP contribution in [0.1, 0.15) is 46.4 Å². The SMILES string of the molecule is O=C(NC1CC1)c1ccc(OCC2CCCN2C(=O)c2ccccc2OC(F)(F)F)cc1. The van der Waals surface area contributed by atoms with Crippen LogP contribution in [-0.2, 0) is 0 Å². The van der Waals surface area contributed by atoms with Gasteiger partial charge in [0.15, 0.2) is 0 Å². The van der Waals surface area contributed by atoms with Crippen LogP contribution >= 0.6 is 0 Å². The van der Waals surface area contributed by atoms with Gasteiger partial charge in [-0.15, -0.1) is 13.2 Å². The molecule has 1 atom stereocenters. The molecule has 0 spiro atoms. The Balaban J connectivity index is 1.38. The topological polar surface area (TPSA) is 67.9 Å². The molecule has 2 fully saturated rings. The summed E-state index contributed by atoms with van der Waals surface area (Å²) in [6, 6.07) is 12.1. The molecule has 2 amide bonds. The Morgan fingerprint density at radius 3 is 2.44 bits per heavy atom. The Morgan fingerprint density at radius 1 is 1.03 bits per heavy atom. The summed E-state index contributed by atoms with van der Waals surface area (Å²) >= 11 is 0. The molecule has 1 aliphatic heterocycles. The number of amides is 2. The monoisotopic (exact) mass is 448 g/mol. The van der Waals surface area contributed by atoms with Crippen molar-refractivity contribution < 1.29 is 32.2 Å². The quantitative estimate of drug-likeness (QED) is 0.691. The molecule has 1 heterocycles. The number of nitrogens with one attached hydrogen (secondary N) is 1. The molecule has 0 aromatic heterocycles. The molecule has 0 bridgehead atoms. The Kier molecular flexibility index (Phi) is 6.25. The predicted octanol–water partition coefficient (Wildman–Crippen LogP) is 4.16. The first kappa shape index (κ1) is 22.0. The Hall–Kier alpha value is -3.23. The lowest BCUT2D eigenvalue weighted by Crippen LogP contribution is -2.39. The third-order valence-corrected chi connectivity index (χ3v) is 5.45. The van der Waals surface area contributed by atoms with Crippen LogP contribution in [0.25, 0.3) is 0 Å². The zero-order valence-electron chi connectivity index (χ0n) is 17.2. The second-order valence-corrected chi connectivity index (χ2v) is 7.92. The van der Waals surface area contributed by atoms with Crippen LogP contribution in [0, 0.1) is 0 Å². The number of hydrogen-bond acceptors (Lipinski definition) is 4. The van der Waals surface area contributed by atoms with Crippen LogP contribution in [0.5, 0.6) is 11.5 Å². The van der Waals surface area contributed by atoms with Crippen molar-refractivity contribution in [1.29, 1.82) is 0 Å². The number of alkyl halides is 3. The molecule has 170 valence electrons. The number of likely N-dealkylation sites (tertiary alicyclic amines) is 1. The van der Waals surface area contributed by atoms with Crippen molar-refractivity contribution in [2.45, 2.75) is 44.1 Å². The average molecular weight is 448 g/mol. The first-order chi connectivity index (χ1) is 15.3. The summed E-state index contributed by atoms with van der Waals surface area (Å²) in [5, 5.41) is 2.91. The molecule has 1 saturated carbocycles. The van der Waals surface area contributed by atoms with Gasteiger partial charge in [0.2, 0.25) is 0 Å². The number of nitrogens with zero attached hydrogens (tertiary/aromatic N) is 1. The van der Waals surface area contributed by atoms with E-state index in [0.29, 0.717) is 24.3 Å². The Labute approximate surface area is 183 Å².